The number of nitrogens with zero attached hydrogens (tertiary/aromatic N) is 1. The molecular weight excluding hydrogens is 208 g/mol. The molecule has 1 heterocycles. The Bertz CT molecular complexity index is 316. The Kier molecular flexibility index (Phi) is 4.91. The lowest BCUT2D eigenvalue weighted by Gasteiger charge is -2.19. The molecule has 0 fully saturated rings. The Labute approximate surface area is 93.8 Å². The fourth-order valence-corrected chi connectivity index (χ4v) is 2.36. The predicted molar refractivity (Wildman–Crippen MR) is 64.2 cm³/mol. The van der Waals surface area contributed by atoms with Crippen LogP contribution < -0.4 is 5.32 Å². The van der Waals surface area contributed by atoms with Crippen LogP contribution in [-0.2, 0) is 10.8 Å². The minimum Gasteiger partial charge on any atom is -0.307 e. The highest BCUT2D eigenvalue weighted by molar-refractivity contribution is 7.84. The molecule has 3 unspecified atom stereocenters. The van der Waals surface area contributed by atoms with Crippen molar-refractivity contribution in [1.82, 2.24) is 10.3 Å². The van der Waals surface area contributed by atoms with E-state index in [9.17, 15) is 4.21 Å². The second kappa shape index (κ2) is 5.98. The number of pyridine rings is 1. The van der Waals surface area contributed by atoms with Gasteiger partial charge in [0.05, 0.1) is 0 Å². The lowest BCUT2D eigenvalue weighted by atomic mass is 10.1. The highest BCUT2D eigenvalue weighted by Gasteiger charge is 2.10. The van der Waals surface area contributed by atoms with Gasteiger partial charge >= 0.3 is 0 Å². The molecule has 0 aromatic carbocycles. The molecule has 3 nitrogen and oxygen atoms in total. The molecule has 0 spiro atoms. The van der Waals surface area contributed by atoms with Crippen LogP contribution in [0.2, 0.25) is 0 Å². The van der Waals surface area contributed by atoms with Crippen LogP contribution in [0, 0.1) is 0 Å². The van der Waals surface area contributed by atoms with Crippen LogP contribution in [-0.4, -0.2) is 27.2 Å². The summed E-state index contributed by atoms with van der Waals surface area (Å²) in [6, 6.07) is 4.47. The number of aromatic nitrogens is 1. The molecule has 0 aliphatic heterocycles. The van der Waals surface area contributed by atoms with Crippen LogP contribution in [0.3, 0.4) is 0 Å². The van der Waals surface area contributed by atoms with Gasteiger partial charge in [0, 0.05) is 47.3 Å². The van der Waals surface area contributed by atoms with Gasteiger partial charge in [-0.3, -0.25) is 9.19 Å². The molecule has 0 bridgehead atoms. The molecule has 15 heavy (non-hydrogen) atoms. The summed E-state index contributed by atoms with van der Waals surface area (Å²) in [5, 5.41) is 3.39. The molecule has 0 radical (unpaired) electrons. The van der Waals surface area contributed by atoms with Crippen molar-refractivity contribution in [1.29, 1.82) is 0 Å². The zero-order valence-corrected chi connectivity index (χ0v) is 10.3. The van der Waals surface area contributed by atoms with E-state index in [0.29, 0.717) is 5.75 Å². The van der Waals surface area contributed by atoms with Crippen LogP contribution in [0.15, 0.2) is 24.5 Å². The average Bonchev–Trinajstić information content (AvgIpc) is 2.17. The van der Waals surface area contributed by atoms with Crippen LogP contribution in [0.5, 0.6) is 0 Å². The molecule has 1 N–H and O–H groups in total. The van der Waals surface area contributed by atoms with Gasteiger partial charge in [0.15, 0.2) is 0 Å². The maximum absolute atomic E-state index is 11.0. The molecule has 0 saturated heterocycles. The van der Waals surface area contributed by atoms with Crippen molar-refractivity contribution in [3.05, 3.63) is 30.1 Å². The summed E-state index contributed by atoms with van der Waals surface area (Å²) >= 11 is 0. The van der Waals surface area contributed by atoms with Gasteiger partial charge in [0.1, 0.15) is 0 Å². The van der Waals surface area contributed by atoms with Crippen LogP contribution in [0.4, 0.5) is 0 Å². The van der Waals surface area contributed by atoms with E-state index in [-0.39, 0.29) is 12.1 Å². The topological polar surface area (TPSA) is 42.0 Å². The monoisotopic (exact) mass is 226 g/mol. The Morgan fingerprint density at radius 1 is 1.53 bits per heavy atom. The van der Waals surface area contributed by atoms with Crippen molar-refractivity contribution in [2.75, 3.05) is 12.0 Å². The van der Waals surface area contributed by atoms with Crippen molar-refractivity contribution in [3.8, 4) is 0 Å². The quantitative estimate of drug-likeness (QED) is 0.827. The molecule has 4 heteroatoms. The highest BCUT2D eigenvalue weighted by atomic mass is 32.2. The van der Waals surface area contributed by atoms with E-state index in [1.165, 1.54) is 0 Å². The third-order valence-electron chi connectivity index (χ3n) is 2.20. The second-order valence-electron chi connectivity index (χ2n) is 3.82. The van der Waals surface area contributed by atoms with Crippen molar-refractivity contribution < 1.29 is 4.21 Å². The number of rotatable bonds is 5. The molecule has 1 rings (SSSR count). The first-order valence-electron chi connectivity index (χ1n) is 5.05. The van der Waals surface area contributed by atoms with Crippen LogP contribution in [0.1, 0.15) is 25.5 Å². The van der Waals surface area contributed by atoms with Gasteiger partial charge in [-0.1, -0.05) is 6.07 Å². The molecule has 0 saturated carbocycles. The standard InChI is InChI=1S/C11H18N2OS/c1-9(8-15(3)14)13-10(2)11-5-4-6-12-7-11/h4-7,9-10,13H,8H2,1-3H3. The van der Waals surface area contributed by atoms with Gasteiger partial charge < -0.3 is 5.32 Å². The average molecular weight is 226 g/mol. The second-order valence-corrected chi connectivity index (χ2v) is 5.30. The molecule has 1 aromatic heterocycles. The fourth-order valence-electron chi connectivity index (χ4n) is 1.56. The van der Waals surface area contributed by atoms with Crippen LogP contribution >= 0.6 is 0 Å². The fraction of sp³-hybridized carbons (Fsp3) is 0.545. The minimum absolute atomic E-state index is 0.247. The summed E-state index contributed by atoms with van der Waals surface area (Å²) in [6.45, 7) is 4.14. The Morgan fingerprint density at radius 3 is 2.80 bits per heavy atom. The van der Waals surface area contributed by atoms with Gasteiger partial charge in [0.2, 0.25) is 0 Å². The minimum atomic E-state index is -0.747. The van der Waals surface area contributed by atoms with Gasteiger partial charge in [-0.05, 0) is 25.5 Å². The third kappa shape index (κ3) is 4.53. The SMILES string of the molecule is CC(CS(C)=O)NC(C)c1cccnc1. The molecule has 0 aliphatic carbocycles. The number of nitrogens with one attached hydrogen (secondary N) is 1. The van der Waals surface area contributed by atoms with Gasteiger partial charge in [-0.2, -0.15) is 0 Å². The summed E-state index contributed by atoms with van der Waals surface area (Å²) in [5.41, 5.74) is 1.16. The van der Waals surface area contributed by atoms with Crippen molar-refractivity contribution in [2.24, 2.45) is 0 Å². The van der Waals surface area contributed by atoms with E-state index in [0.717, 1.165) is 5.56 Å². The molecular formula is C11H18N2OS. The zero-order chi connectivity index (χ0) is 11.3. The summed E-state index contributed by atoms with van der Waals surface area (Å²) in [5.74, 6) is 0.685. The lowest BCUT2D eigenvalue weighted by Crippen LogP contribution is -2.33. The molecule has 84 valence electrons. The van der Waals surface area contributed by atoms with Crippen molar-refractivity contribution in [2.45, 2.75) is 25.9 Å². The van der Waals surface area contributed by atoms with E-state index in [2.05, 4.69) is 17.2 Å². The smallest absolute Gasteiger partial charge is 0.0383 e. The normalized spacial score (nSPS) is 17.0. The highest BCUT2D eigenvalue weighted by Crippen LogP contribution is 2.10. The van der Waals surface area contributed by atoms with Gasteiger partial charge in [-0.15, -0.1) is 0 Å². The third-order valence-corrected chi connectivity index (χ3v) is 3.17. The van der Waals surface area contributed by atoms with E-state index < -0.39 is 10.8 Å². The van der Waals surface area contributed by atoms with E-state index in [4.69, 9.17) is 0 Å². The first kappa shape index (κ1) is 12.3. The Balaban J connectivity index is 2.49. The first-order chi connectivity index (χ1) is 7.09. The molecule has 0 amide bonds. The summed E-state index contributed by atoms with van der Waals surface area (Å²) in [7, 11) is -0.747. The largest absolute Gasteiger partial charge is 0.307 e. The van der Waals surface area contributed by atoms with Crippen molar-refractivity contribution >= 4 is 10.8 Å². The number of hydrogen-bond acceptors (Lipinski definition) is 3. The van der Waals surface area contributed by atoms with Crippen molar-refractivity contribution in [3.63, 3.8) is 0 Å². The molecule has 1 aromatic rings. The zero-order valence-electron chi connectivity index (χ0n) is 9.43. The Morgan fingerprint density at radius 2 is 2.27 bits per heavy atom. The van der Waals surface area contributed by atoms with Crippen LogP contribution in [0.25, 0.3) is 0 Å². The maximum Gasteiger partial charge on any atom is 0.0383 e. The van der Waals surface area contributed by atoms with Gasteiger partial charge in [0.25, 0.3) is 0 Å². The van der Waals surface area contributed by atoms with E-state index in [1.807, 2.05) is 25.3 Å². The maximum atomic E-state index is 11.0. The number of hydrogen-bond donors (Lipinski definition) is 1. The van der Waals surface area contributed by atoms with E-state index >= 15 is 0 Å². The first-order valence-corrected chi connectivity index (χ1v) is 6.78. The predicted octanol–water partition coefficient (Wildman–Crippen LogP) is 1.50. The molecule has 0 aliphatic rings. The molecule has 3 atom stereocenters. The summed E-state index contributed by atoms with van der Waals surface area (Å²) < 4.78 is 11.0. The summed E-state index contributed by atoms with van der Waals surface area (Å²) in [4.78, 5) is 4.07. The van der Waals surface area contributed by atoms with E-state index in [1.54, 1.807) is 12.5 Å². The van der Waals surface area contributed by atoms with Gasteiger partial charge in [-0.25, -0.2) is 0 Å². The summed E-state index contributed by atoms with van der Waals surface area (Å²) in [6.07, 6.45) is 5.35. The Hall–Kier alpha value is -0.740. The lowest BCUT2D eigenvalue weighted by molar-refractivity contribution is 0.507.